The van der Waals surface area contributed by atoms with Crippen LogP contribution < -0.4 is 5.32 Å². The lowest BCUT2D eigenvalue weighted by Gasteiger charge is -1.96. The maximum atomic E-state index is 5.09. The fourth-order valence-electron chi connectivity index (χ4n) is 1.59. The fraction of sp³-hybridized carbons (Fsp3) is 0.800. The Hall–Kier alpha value is -1.06. The zero-order chi connectivity index (χ0) is 10.2. The van der Waals surface area contributed by atoms with Crippen LogP contribution in [0, 0.1) is 5.41 Å². The number of hydrogen-bond acceptors (Lipinski definition) is 4. The van der Waals surface area contributed by atoms with E-state index in [-0.39, 0.29) is 0 Å². The monoisotopic (exact) mass is 195 g/mol. The van der Waals surface area contributed by atoms with Crippen LogP contribution in [0.15, 0.2) is 4.52 Å². The molecule has 4 heteroatoms. The van der Waals surface area contributed by atoms with E-state index in [2.05, 4.69) is 36.2 Å². The Labute approximate surface area is 84.1 Å². The minimum Gasteiger partial charge on any atom is -0.338 e. The van der Waals surface area contributed by atoms with Crippen LogP contribution >= 0.6 is 0 Å². The second-order valence-corrected chi connectivity index (χ2v) is 4.63. The van der Waals surface area contributed by atoms with Crippen molar-refractivity contribution in [3.8, 4) is 0 Å². The Balaban J connectivity index is 1.97. The highest BCUT2D eigenvalue weighted by atomic mass is 16.5. The predicted octanol–water partition coefficient (Wildman–Crippen LogP) is 2.41. The first kappa shape index (κ1) is 9.49. The highest BCUT2D eigenvalue weighted by Crippen LogP contribution is 2.57. The van der Waals surface area contributed by atoms with Crippen molar-refractivity contribution in [1.29, 1.82) is 0 Å². The second-order valence-electron chi connectivity index (χ2n) is 4.63. The number of rotatable bonds is 4. The van der Waals surface area contributed by atoms with Gasteiger partial charge < -0.3 is 9.84 Å². The summed E-state index contributed by atoms with van der Waals surface area (Å²) in [6.07, 6.45) is 2.23. The summed E-state index contributed by atoms with van der Waals surface area (Å²) in [5.41, 5.74) is 0.367. The summed E-state index contributed by atoms with van der Waals surface area (Å²) >= 11 is 0. The summed E-state index contributed by atoms with van der Waals surface area (Å²) in [5, 5.41) is 7.06. The lowest BCUT2D eigenvalue weighted by atomic mass is 10.1. The normalized spacial score (nSPS) is 23.5. The number of hydrogen-bond donors (Lipinski definition) is 1. The van der Waals surface area contributed by atoms with E-state index in [4.69, 9.17) is 4.52 Å². The molecule has 0 spiro atoms. The van der Waals surface area contributed by atoms with E-state index in [0.717, 1.165) is 18.8 Å². The molecule has 78 valence electrons. The molecular formula is C10H17N3O. The maximum absolute atomic E-state index is 5.09. The first-order valence-corrected chi connectivity index (χ1v) is 5.21. The first-order valence-electron chi connectivity index (χ1n) is 5.21. The lowest BCUT2D eigenvalue weighted by Crippen LogP contribution is -1.99. The molecule has 0 saturated heterocycles. The van der Waals surface area contributed by atoms with Gasteiger partial charge in [-0.25, -0.2) is 0 Å². The molecular weight excluding hydrogens is 178 g/mol. The largest absolute Gasteiger partial charge is 0.338 e. The van der Waals surface area contributed by atoms with Gasteiger partial charge in [0.1, 0.15) is 0 Å². The Kier molecular flexibility index (Phi) is 2.21. The Bertz CT molecular complexity index is 319. The third kappa shape index (κ3) is 1.74. The molecule has 2 rings (SSSR count). The first-order chi connectivity index (χ1) is 6.63. The van der Waals surface area contributed by atoms with Gasteiger partial charge in [0.05, 0.1) is 0 Å². The quantitative estimate of drug-likeness (QED) is 0.801. The number of nitrogens with zero attached hydrogens (tertiary/aromatic N) is 2. The van der Waals surface area contributed by atoms with Crippen molar-refractivity contribution in [3.05, 3.63) is 5.82 Å². The zero-order valence-corrected chi connectivity index (χ0v) is 9.00. The Morgan fingerprint density at radius 1 is 1.57 bits per heavy atom. The molecule has 1 aliphatic carbocycles. The summed E-state index contributed by atoms with van der Waals surface area (Å²) in [5.74, 6) is 1.34. The molecule has 1 atom stereocenters. The molecule has 0 amide bonds. The molecule has 1 fully saturated rings. The van der Waals surface area contributed by atoms with Crippen molar-refractivity contribution in [1.82, 2.24) is 10.1 Å². The van der Waals surface area contributed by atoms with Crippen LogP contribution in [0.4, 0.5) is 6.01 Å². The van der Waals surface area contributed by atoms with Crippen LogP contribution in [0.5, 0.6) is 0 Å². The minimum absolute atomic E-state index is 0.367. The molecule has 1 heterocycles. The lowest BCUT2D eigenvalue weighted by molar-refractivity contribution is 0.419. The van der Waals surface area contributed by atoms with E-state index >= 15 is 0 Å². The molecule has 14 heavy (non-hydrogen) atoms. The van der Waals surface area contributed by atoms with E-state index < -0.39 is 0 Å². The van der Waals surface area contributed by atoms with Crippen molar-refractivity contribution in [2.45, 2.75) is 39.5 Å². The molecule has 0 aromatic carbocycles. The van der Waals surface area contributed by atoms with E-state index in [0.29, 0.717) is 17.3 Å². The van der Waals surface area contributed by atoms with E-state index in [1.807, 2.05) is 0 Å². The molecule has 0 aliphatic heterocycles. The smallest absolute Gasteiger partial charge is 0.321 e. The van der Waals surface area contributed by atoms with E-state index in [1.165, 1.54) is 6.42 Å². The molecule has 1 unspecified atom stereocenters. The van der Waals surface area contributed by atoms with Gasteiger partial charge in [-0.05, 0) is 18.3 Å². The van der Waals surface area contributed by atoms with Gasteiger partial charge in [0.15, 0.2) is 5.82 Å². The van der Waals surface area contributed by atoms with Gasteiger partial charge in [0.25, 0.3) is 0 Å². The van der Waals surface area contributed by atoms with Crippen molar-refractivity contribution < 1.29 is 4.52 Å². The van der Waals surface area contributed by atoms with Gasteiger partial charge in [0.2, 0.25) is 0 Å². The van der Waals surface area contributed by atoms with Gasteiger partial charge in [0, 0.05) is 12.5 Å². The molecule has 0 bridgehead atoms. The van der Waals surface area contributed by atoms with Gasteiger partial charge in [-0.15, -0.1) is 0 Å². The van der Waals surface area contributed by atoms with Crippen molar-refractivity contribution >= 4 is 6.01 Å². The molecule has 4 nitrogen and oxygen atoms in total. The third-order valence-electron chi connectivity index (χ3n) is 2.79. The van der Waals surface area contributed by atoms with E-state index in [1.54, 1.807) is 0 Å². The Morgan fingerprint density at radius 3 is 2.86 bits per heavy atom. The summed E-state index contributed by atoms with van der Waals surface area (Å²) in [6, 6.07) is 0.560. The molecule has 1 saturated carbocycles. The van der Waals surface area contributed by atoms with Gasteiger partial charge in [-0.3, -0.25) is 0 Å². The summed E-state index contributed by atoms with van der Waals surface area (Å²) < 4.78 is 5.09. The van der Waals surface area contributed by atoms with Crippen molar-refractivity contribution in [3.63, 3.8) is 0 Å². The fourth-order valence-corrected chi connectivity index (χ4v) is 1.59. The standard InChI is InChI=1S/C10H17N3O/c1-4-5-11-9-12-8(13-14-9)7-6-10(7,2)3/h7H,4-6H2,1-3H3,(H,11,12,13). The summed E-state index contributed by atoms with van der Waals surface area (Å²) in [6.45, 7) is 7.45. The molecule has 1 aromatic rings. The topological polar surface area (TPSA) is 51.0 Å². The summed E-state index contributed by atoms with van der Waals surface area (Å²) in [7, 11) is 0. The third-order valence-corrected chi connectivity index (χ3v) is 2.79. The number of anilines is 1. The average molecular weight is 195 g/mol. The van der Waals surface area contributed by atoms with Crippen LogP contribution in [0.3, 0.4) is 0 Å². The van der Waals surface area contributed by atoms with Crippen LogP contribution in [-0.4, -0.2) is 16.7 Å². The molecule has 0 radical (unpaired) electrons. The van der Waals surface area contributed by atoms with Gasteiger partial charge in [-0.1, -0.05) is 25.9 Å². The summed E-state index contributed by atoms with van der Waals surface area (Å²) in [4.78, 5) is 4.32. The minimum atomic E-state index is 0.367. The predicted molar refractivity (Wildman–Crippen MR) is 54.2 cm³/mol. The van der Waals surface area contributed by atoms with Gasteiger partial charge >= 0.3 is 6.01 Å². The number of nitrogens with one attached hydrogen (secondary N) is 1. The van der Waals surface area contributed by atoms with Crippen LogP contribution in [0.1, 0.15) is 45.4 Å². The van der Waals surface area contributed by atoms with Crippen molar-refractivity contribution in [2.75, 3.05) is 11.9 Å². The van der Waals surface area contributed by atoms with Crippen LogP contribution in [0.25, 0.3) is 0 Å². The highest BCUT2D eigenvalue weighted by Gasteiger charge is 2.49. The van der Waals surface area contributed by atoms with Crippen LogP contribution in [0.2, 0.25) is 0 Å². The van der Waals surface area contributed by atoms with Gasteiger partial charge in [-0.2, -0.15) is 4.98 Å². The second kappa shape index (κ2) is 3.26. The van der Waals surface area contributed by atoms with Crippen molar-refractivity contribution in [2.24, 2.45) is 5.41 Å². The maximum Gasteiger partial charge on any atom is 0.321 e. The Morgan fingerprint density at radius 2 is 2.29 bits per heavy atom. The zero-order valence-electron chi connectivity index (χ0n) is 9.00. The SMILES string of the molecule is CCCNc1nc(C2CC2(C)C)no1. The van der Waals surface area contributed by atoms with Crippen LogP contribution in [-0.2, 0) is 0 Å². The molecule has 1 aromatic heterocycles. The number of aromatic nitrogens is 2. The molecule has 1 N–H and O–H groups in total. The molecule has 1 aliphatic rings. The average Bonchev–Trinajstić information content (AvgIpc) is 2.63. The van der Waals surface area contributed by atoms with E-state index in [9.17, 15) is 0 Å². The highest BCUT2D eigenvalue weighted by molar-refractivity contribution is 5.23.